The first kappa shape index (κ1) is 14.3. The van der Waals surface area contributed by atoms with Crippen molar-refractivity contribution in [3.05, 3.63) is 0 Å². The van der Waals surface area contributed by atoms with Crippen molar-refractivity contribution in [2.24, 2.45) is 11.3 Å². The predicted octanol–water partition coefficient (Wildman–Crippen LogP) is 3.22. The molecular formula is C12H20F3NO. The molecular weight excluding hydrogens is 231 g/mol. The number of amides is 1. The van der Waals surface area contributed by atoms with E-state index >= 15 is 0 Å². The first-order valence-corrected chi connectivity index (χ1v) is 5.98. The molecule has 0 aromatic heterocycles. The fraction of sp³-hybridized carbons (Fsp3) is 0.917. The smallest absolute Gasteiger partial charge is 0.335 e. The minimum atomic E-state index is -4.73. The van der Waals surface area contributed by atoms with Crippen LogP contribution in [0.4, 0.5) is 13.2 Å². The van der Waals surface area contributed by atoms with Crippen LogP contribution < -0.4 is 0 Å². The second-order valence-corrected chi connectivity index (χ2v) is 5.78. The number of halogens is 3. The van der Waals surface area contributed by atoms with Crippen LogP contribution in [-0.2, 0) is 4.79 Å². The zero-order valence-electron chi connectivity index (χ0n) is 10.6. The minimum Gasteiger partial charge on any atom is -0.335 e. The van der Waals surface area contributed by atoms with E-state index in [0.29, 0.717) is 18.8 Å². The van der Waals surface area contributed by atoms with Gasteiger partial charge in [0.15, 0.2) is 0 Å². The van der Waals surface area contributed by atoms with Crippen molar-refractivity contribution in [1.82, 2.24) is 4.90 Å². The van der Waals surface area contributed by atoms with Gasteiger partial charge in [-0.05, 0) is 30.6 Å². The van der Waals surface area contributed by atoms with Gasteiger partial charge < -0.3 is 4.90 Å². The highest BCUT2D eigenvalue weighted by Crippen LogP contribution is 2.34. The fourth-order valence-electron chi connectivity index (χ4n) is 2.34. The van der Waals surface area contributed by atoms with Gasteiger partial charge in [0.05, 0.1) is 0 Å². The Morgan fingerprint density at radius 2 is 1.71 bits per heavy atom. The second kappa shape index (κ2) is 4.86. The molecule has 1 rings (SSSR count). The molecule has 17 heavy (non-hydrogen) atoms. The SMILES string of the molecule is CC(C)(C)C1CCCN(C(=O)C(F)(F)F)CC1. The van der Waals surface area contributed by atoms with E-state index in [1.807, 2.05) is 0 Å². The van der Waals surface area contributed by atoms with Crippen LogP contribution in [0.5, 0.6) is 0 Å². The Labute approximate surface area is 100 Å². The van der Waals surface area contributed by atoms with Crippen LogP contribution in [-0.4, -0.2) is 30.1 Å². The van der Waals surface area contributed by atoms with Crippen LogP contribution in [0.2, 0.25) is 0 Å². The Morgan fingerprint density at radius 3 is 2.18 bits per heavy atom. The summed E-state index contributed by atoms with van der Waals surface area (Å²) in [5, 5.41) is 0. The normalized spacial score (nSPS) is 23.4. The van der Waals surface area contributed by atoms with Crippen LogP contribution in [0.25, 0.3) is 0 Å². The van der Waals surface area contributed by atoms with E-state index in [1.54, 1.807) is 0 Å². The summed E-state index contributed by atoms with van der Waals surface area (Å²) in [5.41, 5.74) is 0.0945. The van der Waals surface area contributed by atoms with E-state index in [4.69, 9.17) is 0 Å². The molecule has 1 amide bonds. The lowest BCUT2D eigenvalue weighted by atomic mass is 9.77. The molecule has 1 heterocycles. The van der Waals surface area contributed by atoms with Gasteiger partial charge in [-0.25, -0.2) is 0 Å². The lowest BCUT2D eigenvalue weighted by molar-refractivity contribution is -0.185. The maximum Gasteiger partial charge on any atom is 0.471 e. The Balaban J connectivity index is 2.63. The molecule has 0 bridgehead atoms. The highest BCUT2D eigenvalue weighted by atomic mass is 19.4. The first-order chi connectivity index (χ1) is 7.62. The van der Waals surface area contributed by atoms with E-state index in [1.165, 1.54) is 0 Å². The Bertz CT molecular complexity index is 280. The third-order valence-electron chi connectivity index (χ3n) is 3.48. The van der Waals surface area contributed by atoms with Gasteiger partial charge in [-0.1, -0.05) is 20.8 Å². The summed E-state index contributed by atoms with van der Waals surface area (Å²) in [6.07, 6.45) is -2.53. The molecule has 1 atom stereocenters. The molecule has 1 unspecified atom stereocenters. The lowest BCUT2D eigenvalue weighted by Gasteiger charge is -2.29. The zero-order valence-corrected chi connectivity index (χ0v) is 10.6. The summed E-state index contributed by atoms with van der Waals surface area (Å²) in [4.78, 5) is 12.1. The van der Waals surface area contributed by atoms with Crippen molar-refractivity contribution in [3.8, 4) is 0 Å². The van der Waals surface area contributed by atoms with E-state index < -0.39 is 12.1 Å². The third kappa shape index (κ3) is 3.89. The topological polar surface area (TPSA) is 20.3 Å². The van der Waals surface area contributed by atoms with Crippen LogP contribution >= 0.6 is 0 Å². The van der Waals surface area contributed by atoms with Crippen molar-refractivity contribution in [1.29, 1.82) is 0 Å². The Kier molecular flexibility index (Phi) is 4.10. The molecule has 0 aliphatic carbocycles. The highest BCUT2D eigenvalue weighted by Gasteiger charge is 2.43. The summed E-state index contributed by atoms with van der Waals surface area (Å²) in [6.45, 7) is 6.74. The van der Waals surface area contributed by atoms with Gasteiger partial charge in [0.2, 0.25) is 0 Å². The van der Waals surface area contributed by atoms with Crippen LogP contribution in [0.1, 0.15) is 40.0 Å². The molecule has 100 valence electrons. The molecule has 1 aliphatic heterocycles. The predicted molar refractivity (Wildman–Crippen MR) is 59.4 cm³/mol. The Hall–Kier alpha value is -0.740. The van der Waals surface area contributed by atoms with E-state index in [0.717, 1.165) is 11.3 Å². The number of nitrogens with zero attached hydrogens (tertiary/aromatic N) is 1. The van der Waals surface area contributed by atoms with Crippen LogP contribution in [0.3, 0.4) is 0 Å². The molecule has 0 saturated carbocycles. The summed E-state index contributed by atoms with van der Waals surface area (Å²) in [5.74, 6) is -1.31. The molecule has 1 aliphatic rings. The maximum atomic E-state index is 12.3. The van der Waals surface area contributed by atoms with Gasteiger partial charge in [0, 0.05) is 13.1 Å². The molecule has 1 saturated heterocycles. The number of rotatable bonds is 0. The van der Waals surface area contributed by atoms with Crippen molar-refractivity contribution in [3.63, 3.8) is 0 Å². The quantitative estimate of drug-likeness (QED) is 0.647. The van der Waals surface area contributed by atoms with Crippen LogP contribution in [0.15, 0.2) is 0 Å². The van der Waals surface area contributed by atoms with E-state index in [-0.39, 0.29) is 18.5 Å². The maximum absolute atomic E-state index is 12.3. The van der Waals surface area contributed by atoms with Crippen molar-refractivity contribution in [2.75, 3.05) is 13.1 Å². The largest absolute Gasteiger partial charge is 0.471 e. The summed E-state index contributed by atoms with van der Waals surface area (Å²) in [6, 6.07) is 0. The summed E-state index contributed by atoms with van der Waals surface area (Å²) < 4.78 is 36.9. The number of carbonyl (C=O) groups is 1. The minimum absolute atomic E-state index is 0.0945. The number of carbonyl (C=O) groups excluding carboxylic acids is 1. The van der Waals surface area contributed by atoms with E-state index in [9.17, 15) is 18.0 Å². The van der Waals surface area contributed by atoms with Crippen molar-refractivity contribution < 1.29 is 18.0 Å². The van der Waals surface area contributed by atoms with Crippen molar-refractivity contribution >= 4 is 5.91 Å². The standard InChI is InChI=1S/C12H20F3NO/c1-11(2,3)9-5-4-7-16(8-6-9)10(17)12(13,14)15/h9H,4-8H2,1-3H3. The summed E-state index contributed by atoms with van der Waals surface area (Å²) >= 11 is 0. The van der Waals surface area contributed by atoms with Gasteiger partial charge in [0.25, 0.3) is 0 Å². The molecule has 0 radical (unpaired) electrons. The van der Waals surface area contributed by atoms with E-state index in [2.05, 4.69) is 20.8 Å². The number of likely N-dealkylation sites (tertiary alicyclic amines) is 1. The average Bonchev–Trinajstić information content (AvgIpc) is 2.38. The van der Waals surface area contributed by atoms with Gasteiger partial charge in [0.1, 0.15) is 0 Å². The zero-order chi connectivity index (χ0) is 13.3. The molecule has 5 heteroatoms. The van der Waals surface area contributed by atoms with Gasteiger partial charge in [-0.15, -0.1) is 0 Å². The average molecular weight is 251 g/mol. The van der Waals surface area contributed by atoms with Gasteiger partial charge in [-0.3, -0.25) is 4.79 Å². The van der Waals surface area contributed by atoms with Crippen LogP contribution in [0, 0.1) is 11.3 Å². The molecule has 0 N–H and O–H groups in total. The Morgan fingerprint density at radius 1 is 1.12 bits per heavy atom. The van der Waals surface area contributed by atoms with Gasteiger partial charge in [-0.2, -0.15) is 13.2 Å². The summed E-state index contributed by atoms with van der Waals surface area (Å²) in [7, 11) is 0. The number of hydrogen-bond acceptors (Lipinski definition) is 1. The lowest BCUT2D eigenvalue weighted by Crippen LogP contribution is -2.41. The molecule has 2 nitrogen and oxygen atoms in total. The molecule has 1 fully saturated rings. The fourth-order valence-corrected chi connectivity index (χ4v) is 2.34. The van der Waals surface area contributed by atoms with Gasteiger partial charge >= 0.3 is 12.1 Å². The molecule has 0 aromatic carbocycles. The first-order valence-electron chi connectivity index (χ1n) is 5.98. The molecule has 0 aromatic rings. The monoisotopic (exact) mass is 251 g/mol. The second-order valence-electron chi connectivity index (χ2n) is 5.78. The molecule has 0 spiro atoms. The number of hydrogen-bond donors (Lipinski definition) is 0. The highest BCUT2D eigenvalue weighted by molar-refractivity contribution is 5.81. The third-order valence-corrected chi connectivity index (χ3v) is 3.48. The number of alkyl halides is 3. The van der Waals surface area contributed by atoms with Crippen molar-refractivity contribution in [2.45, 2.75) is 46.2 Å².